The molecule has 5 N–H and O–H groups in total. The summed E-state index contributed by atoms with van der Waals surface area (Å²) in [5.41, 5.74) is 5.52. The van der Waals surface area contributed by atoms with Gasteiger partial charge in [0.25, 0.3) is 0 Å². The summed E-state index contributed by atoms with van der Waals surface area (Å²) < 4.78 is 0. The van der Waals surface area contributed by atoms with Crippen molar-refractivity contribution < 1.29 is 24.3 Å². The van der Waals surface area contributed by atoms with Gasteiger partial charge in [-0.15, -0.1) is 0 Å². The number of carboxylic acid groups (broad SMARTS) is 1. The lowest BCUT2D eigenvalue weighted by Gasteiger charge is -2.30. The predicted molar refractivity (Wildman–Crippen MR) is 85.8 cm³/mol. The number of hydrogen-bond donors (Lipinski definition) is 4. The molecule has 9 heteroatoms. The average molecular weight is 342 g/mol. The molecule has 0 radical (unpaired) electrons. The Kier molecular flexibility index (Phi) is 7.15. The van der Waals surface area contributed by atoms with Crippen molar-refractivity contribution in [3.63, 3.8) is 0 Å². The number of aliphatic carboxylic acids is 1. The molecule has 1 saturated heterocycles. The van der Waals surface area contributed by atoms with E-state index in [4.69, 9.17) is 10.8 Å². The van der Waals surface area contributed by atoms with E-state index in [-0.39, 0.29) is 11.8 Å². The Bertz CT molecular complexity index is 506. The van der Waals surface area contributed by atoms with Crippen LogP contribution < -0.4 is 16.4 Å². The minimum Gasteiger partial charge on any atom is -0.480 e. The van der Waals surface area contributed by atoms with Crippen LogP contribution in [0.1, 0.15) is 33.6 Å². The summed E-state index contributed by atoms with van der Waals surface area (Å²) in [6, 6.07) is -2.24. The van der Waals surface area contributed by atoms with Gasteiger partial charge >= 0.3 is 5.97 Å². The Hall–Kier alpha value is -2.16. The molecule has 0 spiro atoms. The lowest BCUT2D eigenvalue weighted by molar-refractivity contribution is -0.143. The van der Waals surface area contributed by atoms with Gasteiger partial charge in [-0.2, -0.15) is 0 Å². The fraction of sp³-hybridized carbons (Fsp3) is 0.733. The normalized spacial score (nSPS) is 19.7. The largest absolute Gasteiger partial charge is 0.480 e. The number of carbonyl (C=O) groups excluding carboxylic acids is 3. The standard InChI is InChI=1S/C15H26N4O5/c1-8(2)12(18-13(22)9(3)16)15(24)19-6-4-5-10(19)14(23)17-7-11(20)21/h8-10,12H,4-7,16H2,1-3H3,(H,17,23)(H,18,22)(H,20,21). The first-order chi connectivity index (χ1) is 11.1. The number of amides is 3. The maximum absolute atomic E-state index is 12.8. The summed E-state index contributed by atoms with van der Waals surface area (Å²) in [4.78, 5) is 48.7. The van der Waals surface area contributed by atoms with Crippen LogP contribution in [0.2, 0.25) is 0 Å². The minimum absolute atomic E-state index is 0.177. The molecule has 136 valence electrons. The second kappa shape index (κ2) is 8.62. The van der Waals surface area contributed by atoms with Crippen molar-refractivity contribution in [2.24, 2.45) is 11.7 Å². The maximum atomic E-state index is 12.8. The predicted octanol–water partition coefficient (Wildman–Crippen LogP) is -1.33. The zero-order valence-corrected chi connectivity index (χ0v) is 14.2. The van der Waals surface area contributed by atoms with E-state index in [1.54, 1.807) is 13.8 Å². The Morgan fingerprint density at radius 2 is 1.88 bits per heavy atom. The summed E-state index contributed by atoms with van der Waals surface area (Å²) in [5.74, 6) is -2.61. The summed E-state index contributed by atoms with van der Waals surface area (Å²) in [6.07, 6.45) is 1.10. The molecule has 0 saturated carbocycles. The third-order valence-corrected chi connectivity index (χ3v) is 3.90. The highest BCUT2D eigenvalue weighted by atomic mass is 16.4. The van der Waals surface area contributed by atoms with Crippen molar-refractivity contribution in [2.45, 2.75) is 51.7 Å². The SMILES string of the molecule is CC(N)C(=O)NC(C(=O)N1CCCC1C(=O)NCC(=O)O)C(C)C. The van der Waals surface area contributed by atoms with Crippen LogP contribution in [0.4, 0.5) is 0 Å². The van der Waals surface area contributed by atoms with Gasteiger partial charge in [0.2, 0.25) is 17.7 Å². The summed E-state index contributed by atoms with van der Waals surface area (Å²) in [7, 11) is 0. The molecular formula is C15H26N4O5. The molecule has 0 aromatic heterocycles. The molecule has 24 heavy (non-hydrogen) atoms. The zero-order chi connectivity index (χ0) is 18.4. The number of nitrogens with zero attached hydrogens (tertiary/aromatic N) is 1. The molecule has 9 nitrogen and oxygen atoms in total. The van der Waals surface area contributed by atoms with Crippen LogP contribution in [0.5, 0.6) is 0 Å². The molecule has 0 aromatic rings. The van der Waals surface area contributed by atoms with Crippen molar-refractivity contribution in [1.82, 2.24) is 15.5 Å². The van der Waals surface area contributed by atoms with Gasteiger partial charge in [-0.05, 0) is 25.7 Å². The van der Waals surface area contributed by atoms with Gasteiger partial charge in [-0.3, -0.25) is 19.2 Å². The highest BCUT2D eigenvalue weighted by Crippen LogP contribution is 2.20. The topological polar surface area (TPSA) is 142 Å². The van der Waals surface area contributed by atoms with Crippen molar-refractivity contribution in [3.8, 4) is 0 Å². The van der Waals surface area contributed by atoms with Gasteiger partial charge in [0.05, 0.1) is 6.04 Å². The first-order valence-electron chi connectivity index (χ1n) is 8.01. The first kappa shape index (κ1) is 19.9. The Morgan fingerprint density at radius 3 is 2.38 bits per heavy atom. The van der Waals surface area contributed by atoms with Gasteiger partial charge in [-0.25, -0.2) is 0 Å². The second-order valence-corrected chi connectivity index (χ2v) is 6.32. The minimum atomic E-state index is -1.15. The maximum Gasteiger partial charge on any atom is 0.322 e. The Labute approximate surface area is 140 Å². The van der Waals surface area contributed by atoms with Gasteiger partial charge in [0, 0.05) is 6.54 Å². The van der Waals surface area contributed by atoms with Crippen LogP contribution in [-0.2, 0) is 19.2 Å². The molecule has 1 aliphatic heterocycles. The highest BCUT2D eigenvalue weighted by molar-refractivity contribution is 5.94. The van der Waals surface area contributed by atoms with Gasteiger partial charge in [0.15, 0.2) is 0 Å². The van der Waals surface area contributed by atoms with E-state index in [0.29, 0.717) is 19.4 Å². The van der Waals surface area contributed by atoms with E-state index in [1.165, 1.54) is 11.8 Å². The second-order valence-electron chi connectivity index (χ2n) is 6.32. The number of hydrogen-bond acceptors (Lipinski definition) is 5. The van der Waals surface area contributed by atoms with Gasteiger partial charge in [-0.1, -0.05) is 13.8 Å². The van der Waals surface area contributed by atoms with Crippen LogP contribution in [-0.4, -0.2) is 64.9 Å². The van der Waals surface area contributed by atoms with E-state index >= 15 is 0 Å². The number of nitrogens with one attached hydrogen (secondary N) is 2. The molecule has 1 heterocycles. The summed E-state index contributed by atoms with van der Waals surface area (Å²) in [6.45, 7) is 5.00. The fourth-order valence-corrected chi connectivity index (χ4v) is 2.56. The smallest absolute Gasteiger partial charge is 0.322 e. The molecule has 0 aromatic carbocycles. The van der Waals surface area contributed by atoms with Crippen molar-refractivity contribution in [1.29, 1.82) is 0 Å². The molecule has 1 fully saturated rings. The van der Waals surface area contributed by atoms with E-state index < -0.39 is 42.5 Å². The molecule has 1 aliphatic rings. The number of rotatable bonds is 7. The van der Waals surface area contributed by atoms with Crippen LogP contribution in [0.25, 0.3) is 0 Å². The molecule has 3 atom stereocenters. The molecule has 3 amide bonds. The van der Waals surface area contributed by atoms with Crippen LogP contribution in [0, 0.1) is 5.92 Å². The third kappa shape index (κ3) is 5.19. The molecule has 1 rings (SSSR count). The summed E-state index contributed by atoms with van der Waals surface area (Å²) >= 11 is 0. The quantitative estimate of drug-likeness (QED) is 0.451. The molecule has 0 bridgehead atoms. The highest BCUT2D eigenvalue weighted by Gasteiger charge is 2.38. The molecule has 0 aliphatic carbocycles. The van der Waals surface area contributed by atoms with Gasteiger partial charge < -0.3 is 26.4 Å². The Balaban J connectivity index is 2.82. The molecule has 3 unspecified atom stereocenters. The van der Waals surface area contributed by atoms with Crippen LogP contribution >= 0.6 is 0 Å². The lowest BCUT2D eigenvalue weighted by atomic mass is 10.0. The monoisotopic (exact) mass is 342 g/mol. The number of likely N-dealkylation sites (tertiary alicyclic amines) is 1. The lowest BCUT2D eigenvalue weighted by Crippen LogP contribution is -2.57. The van der Waals surface area contributed by atoms with Gasteiger partial charge in [0.1, 0.15) is 18.6 Å². The summed E-state index contributed by atoms with van der Waals surface area (Å²) in [5, 5.41) is 13.6. The number of carboxylic acids is 1. The number of carbonyl (C=O) groups is 4. The van der Waals surface area contributed by atoms with Crippen molar-refractivity contribution in [2.75, 3.05) is 13.1 Å². The van der Waals surface area contributed by atoms with Crippen molar-refractivity contribution in [3.05, 3.63) is 0 Å². The van der Waals surface area contributed by atoms with Crippen molar-refractivity contribution >= 4 is 23.7 Å². The zero-order valence-electron chi connectivity index (χ0n) is 14.2. The Morgan fingerprint density at radius 1 is 1.25 bits per heavy atom. The van der Waals surface area contributed by atoms with Crippen LogP contribution in [0.15, 0.2) is 0 Å². The fourth-order valence-electron chi connectivity index (χ4n) is 2.56. The third-order valence-electron chi connectivity index (χ3n) is 3.90. The molecular weight excluding hydrogens is 316 g/mol. The number of nitrogens with two attached hydrogens (primary N) is 1. The van der Waals surface area contributed by atoms with E-state index in [2.05, 4.69) is 10.6 Å². The van der Waals surface area contributed by atoms with E-state index in [0.717, 1.165) is 0 Å². The van der Waals surface area contributed by atoms with Crippen LogP contribution in [0.3, 0.4) is 0 Å². The first-order valence-corrected chi connectivity index (χ1v) is 8.01. The van der Waals surface area contributed by atoms with E-state index in [1.807, 2.05) is 0 Å². The van der Waals surface area contributed by atoms with E-state index in [9.17, 15) is 19.2 Å². The average Bonchev–Trinajstić information content (AvgIpc) is 2.98.